The molecule has 138 valence electrons. The summed E-state index contributed by atoms with van der Waals surface area (Å²) >= 11 is 1.62. The van der Waals surface area contributed by atoms with E-state index in [9.17, 15) is 9.59 Å². The molecule has 0 fully saturated rings. The number of nitrogens with one attached hydrogen (secondary N) is 2. The van der Waals surface area contributed by atoms with E-state index in [1.54, 1.807) is 54.2 Å². The smallest absolute Gasteiger partial charge is 0.251 e. The molecule has 0 saturated heterocycles. The van der Waals surface area contributed by atoms with Crippen LogP contribution in [0.4, 0.5) is 11.4 Å². The Kier molecular flexibility index (Phi) is 7.35. The molecule has 0 saturated carbocycles. The average Bonchev–Trinajstić information content (AvgIpc) is 2.65. The van der Waals surface area contributed by atoms with Crippen molar-refractivity contribution in [1.29, 1.82) is 0 Å². The highest BCUT2D eigenvalue weighted by Gasteiger charge is 2.21. The molecule has 0 aliphatic rings. The summed E-state index contributed by atoms with van der Waals surface area (Å²) in [6.45, 7) is 0. The predicted octanol–water partition coefficient (Wildman–Crippen LogP) is 2.77. The Morgan fingerprint density at radius 3 is 2.54 bits per heavy atom. The number of benzene rings is 2. The number of ether oxygens (including phenoxy) is 1. The number of carbonyl (C=O) groups excluding carboxylic acids is 2. The highest BCUT2D eigenvalue weighted by Crippen LogP contribution is 2.24. The fourth-order valence-corrected chi connectivity index (χ4v) is 2.85. The predicted molar refractivity (Wildman–Crippen MR) is 107 cm³/mol. The fraction of sp³-hybridized carbons (Fsp3) is 0.263. The molecule has 0 radical (unpaired) electrons. The normalized spacial score (nSPS) is 11.5. The number of nitrogens with two attached hydrogens (primary N) is 1. The fourth-order valence-electron chi connectivity index (χ4n) is 2.38. The molecule has 4 N–H and O–H groups in total. The van der Waals surface area contributed by atoms with Crippen molar-refractivity contribution in [2.24, 2.45) is 0 Å². The zero-order chi connectivity index (χ0) is 18.9. The Morgan fingerprint density at radius 1 is 1.19 bits per heavy atom. The summed E-state index contributed by atoms with van der Waals surface area (Å²) in [7, 11) is 1.53. The summed E-state index contributed by atoms with van der Waals surface area (Å²) < 4.78 is 5.11. The Balaban J connectivity index is 2.08. The van der Waals surface area contributed by atoms with Crippen molar-refractivity contribution in [2.75, 3.05) is 30.2 Å². The van der Waals surface area contributed by atoms with Gasteiger partial charge in [0.05, 0.1) is 12.8 Å². The maximum absolute atomic E-state index is 12.6. The first-order valence-electron chi connectivity index (χ1n) is 8.14. The van der Waals surface area contributed by atoms with Crippen molar-refractivity contribution in [3.05, 3.63) is 54.1 Å². The zero-order valence-corrected chi connectivity index (χ0v) is 15.6. The van der Waals surface area contributed by atoms with Crippen LogP contribution in [0.2, 0.25) is 0 Å². The van der Waals surface area contributed by atoms with Crippen LogP contribution < -0.4 is 21.1 Å². The minimum atomic E-state index is -0.640. The van der Waals surface area contributed by atoms with Crippen molar-refractivity contribution < 1.29 is 14.3 Å². The van der Waals surface area contributed by atoms with Crippen molar-refractivity contribution in [2.45, 2.75) is 12.5 Å². The van der Waals surface area contributed by atoms with Crippen molar-refractivity contribution in [3.63, 3.8) is 0 Å². The van der Waals surface area contributed by atoms with Gasteiger partial charge in [-0.3, -0.25) is 9.59 Å². The van der Waals surface area contributed by atoms with Crippen LogP contribution in [-0.2, 0) is 4.79 Å². The van der Waals surface area contributed by atoms with Gasteiger partial charge in [0.25, 0.3) is 5.91 Å². The molecular formula is C19H23N3O3S. The second-order valence-electron chi connectivity index (χ2n) is 5.62. The molecule has 1 unspecified atom stereocenters. The number of anilines is 2. The van der Waals surface area contributed by atoms with Crippen LogP contribution in [0.25, 0.3) is 0 Å². The van der Waals surface area contributed by atoms with Crippen LogP contribution in [0, 0.1) is 0 Å². The largest absolute Gasteiger partial charge is 0.495 e. The van der Waals surface area contributed by atoms with E-state index in [1.807, 2.05) is 12.3 Å². The molecule has 7 heteroatoms. The summed E-state index contributed by atoms with van der Waals surface area (Å²) in [4.78, 5) is 25.0. The van der Waals surface area contributed by atoms with Gasteiger partial charge in [0, 0.05) is 11.3 Å². The minimum Gasteiger partial charge on any atom is -0.495 e. The highest BCUT2D eigenvalue weighted by molar-refractivity contribution is 7.98. The van der Waals surface area contributed by atoms with Gasteiger partial charge in [-0.2, -0.15) is 11.8 Å². The first-order chi connectivity index (χ1) is 12.5. The topological polar surface area (TPSA) is 93.5 Å². The van der Waals surface area contributed by atoms with E-state index >= 15 is 0 Å². The van der Waals surface area contributed by atoms with E-state index in [2.05, 4.69) is 10.6 Å². The molecule has 26 heavy (non-hydrogen) atoms. The van der Waals surface area contributed by atoms with Crippen molar-refractivity contribution in [3.8, 4) is 5.75 Å². The van der Waals surface area contributed by atoms with Crippen molar-refractivity contribution in [1.82, 2.24) is 5.32 Å². The van der Waals surface area contributed by atoms with Crippen molar-refractivity contribution >= 4 is 35.0 Å². The molecule has 2 aromatic rings. The third-order valence-electron chi connectivity index (χ3n) is 3.77. The molecule has 6 nitrogen and oxygen atoms in total. The number of amides is 2. The van der Waals surface area contributed by atoms with Gasteiger partial charge in [0.1, 0.15) is 11.8 Å². The number of thioether (sulfide) groups is 1. The lowest BCUT2D eigenvalue weighted by molar-refractivity contribution is -0.118. The number of hydrogen-bond acceptors (Lipinski definition) is 5. The Morgan fingerprint density at radius 2 is 1.92 bits per heavy atom. The average molecular weight is 373 g/mol. The maximum Gasteiger partial charge on any atom is 0.251 e. The summed E-state index contributed by atoms with van der Waals surface area (Å²) in [5.41, 5.74) is 7.37. The quantitative estimate of drug-likeness (QED) is 0.619. The molecule has 0 aliphatic heterocycles. The highest BCUT2D eigenvalue weighted by atomic mass is 32.2. The second kappa shape index (κ2) is 9.72. The van der Waals surface area contributed by atoms with Gasteiger partial charge in [0.2, 0.25) is 5.91 Å². The third-order valence-corrected chi connectivity index (χ3v) is 4.41. The molecule has 0 aliphatic carbocycles. The van der Waals surface area contributed by atoms with Gasteiger partial charge in [0.15, 0.2) is 0 Å². The molecule has 0 spiro atoms. The van der Waals surface area contributed by atoms with Gasteiger partial charge in [-0.15, -0.1) is 0 Å². The van der Waals surface area contributed by atoms with Crippen LogP contribution >= 0.6 is 11.8 Å². The Bertz CT molecular complexity index is 753. The van der Waals surface area contributed by atoms with E-state index in [4.69, 9.17) is 10.5 Å². The van der Waals surface area contributed by atoms with Gasteiger partial charge < -0.3 is 21.1 Å². The van der Waals surface area contributed by atoms with Gasteiger partial charge in [-0.05, 0) is 48.8 Å². The summed E-state index contributed by atoms with van der Waals surface area (Å²) in [5.74, 6) is 0.728. The molecule has 0 aromatic heterocycles. The number of nitrogen functional groups attached to an aromatic ring is 1. The Hall–Kier alpha value is -2.67. The van der Waals surface area contributed by atoms with Crippen LogP contribution in [0.5, 0.6) is 5.75 Å². The van der Waals surface area contributed by atoms with E-state index in [0.717, 1.165) is 5.75 Å². The van der Waals surface area contributed by atoms with E-state index in [0.29, 0.717) is 29.1 Å². The molecule has 0 bridgehead atoms. The monoisotopic (exact) mass is 373 g/mol. The molecule has 2 rings (SSSR count). The number of methoxy groups -OCH3 is 1. The third kappa shape index (κ3) is 5.42. The van der Waals surface area contributed by atoms with Crippen LogP contribution in [0.1, 0.15) is 16.8 Å². The first-order valence-corrected chi connectivity index (χ1v) is 9.53. The zero-order valence-electron chi connectivity index (χ0n) is 14.8. The lowest BCUT2D eigenvalue weighted by Gasteiger charge is -2.18. The van der Waals surface area contributed by atoms with E-state index in [1.165, 1.54) is 7.11 Å². The SMILES string of the molecule is COc1ccc(NC(=O)C(CCSC)NC(=O)c2ccccc2)cc1N. The summed E-state index contributed by atoms with van der Waals surface area (Å²) in [5, 5.41) is 5.61. The van der Waals surface area contributed by atoms with Gasteiger partial charge in [-0.1, -0.05) is 18.2 Å². The van der Waals surface area contributed by atoms with E-state index < -0.39 is 6.04 Å². The minimum absolute atomic E-state index is 0.277. The van der Waals surface area contributed by atoms with Gasteiger partial charge in [-0.25, -0.2) is 0 Å². The number of hydrogen-bond donors (Lipinski definition) is 3. The number of carbonyl (C=O) groups is 2. The molecular weight excluding hydrogens is 350 g/mol. The Labute approximate surface area is 157 Å². The standard InChI is InChI=1S/C19H23N3O3S/c1-25-17-9-8-14(12-15(17)20)21-19(24)16(10-11-26-2)22-18(23)13-6-4-3-5-7-13/h3-9,12,16H,10-11,20H2,1-2H3,(H,21,24)(H,22,23). The first kappa shape index (κ1) is 19.7. The lowest BCUT2D eigenvalue weighted by atomic mass is 10.1. The molecule has 2 amide bonds. The lowest BCUT2D eigenvalue weighted by Crippen LogP contribution is -2.44. The molecule has 2 aromatic carbocycles. The summed E-state index contributed by atoms with van der Waals surface area (Å²) in [6, 6.07) is 13.2. The number of rotatable bonds is 8. The molecule has 1 atom stereocenters. The summed E-state index contributed by atoms with van der Waals surface area (Å²) in [6.07, 6.45) is 2.48. The van der Waals surface area contributed by atoms with Crippen LogP contribution in [0.3, 0.4) is 0 Å². The maximum atomic E-state index is 12.6. The van der Waals surface area contributed by atoms with Gasteiger partial charge >= 0.3 is 0 Å². The van der Waals surface area contributed by atoms with Crippen LogP contribution in [-0.4, -0.2) is 37.0 Å². The molecule has 0 heterocycles. The van der Waals surface area contributed by atoms with E-state index in [-0.39, 0.29) is 11.8 Å². The van der Waals surface area contributed by atoms with Crippen LogP contribution in [0.15, 0.2) is 48.5 Å². The second-order valence-corrected chi connectivity index (χ2v) is 6.61.